The summed E-state index contributed by atoms with van der Waals surface area (Å²) < 4.78 is 2.47. The summed E-state index contributed by atoms with van der Waals surface area (Å²) in [7, 11) is 0. The Balaban J connectivity index is 0.931. The van der Waals surface area contributed by atoms with Crippen LogP contribution >= 0.6 is 0 Å². The van der Waals surface area contributed by atoms with Crippen molar-refractivity contribution in [2.45, 2.75) is 38.5 Å². The van der Waals surface area contributed by atoms with E-state index in [1.54, 1.807) is 0 Å². The van der Waals surface area contributed by atoms with Crippen LogP contribution in [0, 0.1) is 0 Å². The van der Waals surface area contributed by atoms with Gasteiger partial charge in [0.25, 0.3) is 0 Å². The summed E-state index contributed by atoms with van der Waals surface area (Å²) in [4.78, 5) is 2.41. The zero-order valence-electron chi connectivity index (χ0n) is 38.8. The van der Waals surface area contributed by atoms with Gasteiger partial charge < -0.3 is 9.47 Å². The molecular weight excluding hydrogens is 821 g/mol. The predicted molar refractivity (Wildman–Crippen MR) is 287 cm³/mol. The molecule has 0 unspecified atom stereocenters. The fourth-order valence-electron chi connectivity index (χ4n) is 11.6. The van der Waals surface area contributed by atoms with E-state index in [1.165, 1.54) is 99.7 Å². The normalized spacial score (nSPS) is 13.8. The van der Waals surface area contributed by atoms with Crippen molar-refractivity contribution in [3.8, 4) is 61.3 Å². The average Bonchev–Trinajstić information content (AvgIpc) is 3.92. The van der Waals surface area contributed by atoms with Crippen LogP contribution in [-0.4, -0.2) is 4.57 Å². The minimum Gasteiger partial charge on any atom is -0.310 e. The minimum atomic E-state index is -0.109. The fourth-order valence-corrected chi connectivity index (χ4v) is 11.6. The largest absolute Gasteiger partial charge is 0.310 e. The maximum Gasteiger partial charge on any atom is 0.0547 e. The second kappa shape index (κ2) is 15.2. The van der Waals surface area contributed by atoms with Gasteiger partial charge in [-0.25, -0.2) is 0 Å². The highest BCUT2D eigenvalue weighted by Crippen LogP contribution is 2.53. The minimum absolute atomic E-state index is 0.106. The summed E-state index contributed by atoms with van der Waals surface area (Å²) in [6, 6.07) is 85.5. The molecule has 0 atom stereocenters. The summed E-state index contributed by atoms with van der Waals surface area (Å²) in [5, 5.41) is 2.53. The van der Waals surface area contributed by atoms with Crippen LogP contribution in [0.25, 0.3) is 83.1 Å². The maximum absolute atomic E-state index is 2.49. The molecule has 0 fully saturated rings. The number of anilines is 3. The van der Waals surface area contributed by atoms with E-state index in [9.17, 15) is 0 Å². The first-order chi connectivity index (χ1) is 33.2. The highest BCUT2D eigenvalue weighted by Gasteiger charge is 2.37. The van der Waals surface area contributed by atoms with E-state index in [4.69, 9.17) is 0 Å². The second-order valence-corrected chi connectivity index (χ2v) is 19.8. The van der Waals surface area contributed by atoms with Gasteiger partial charge in [0.05, 0.1) is 11.0 Å². The standard InChI is InChI=1S/C66H50N2/c1-65(2)59-21-13-11-19-53(59)55-37-36-52(40-61(55)65)67(49-30-23-45(24-31-49)43-15-7-5-8-16-43)50-32-27-47(28-33-50)48-29-38-63-57(39-48)58-41-62-56(54-20-12-14-22-60(54)66(62,3)4)42-64(58)68(63)51-34-25-46(26-35-51)44-17-9-6-10-18-44/h5-42H,1-4H3. The van der Waals surface area contributed by atoms with Gasteiger partial charge >= 0.3 is 0 Å². The Labute approximate surface area is 399 Å². The molecule has 68 heavy (non-hydrogen) atoms. The number of nitrogens with zero attached hydrogens (tertiary/aromatic N) is 2. The Morgan fingerprint density at radius 3 is 1.31 bits per heavy atom. The molecule has 11 aromatic rings. The van der Waals surface area contributed by atoms with Crippen LogP contribution in [-0.2, 0) is 10.8 Å². The van der Waals surface area contributed by atoms with Crippen molar-refractivity contribution in [2.75, 3.05) is 4.90 Å². The van der Waals surface area contributed by atoms with Crippen LogP contribution in [0.1, 0.15) is 49.9 Å². The van der Waals surface area contributed by atoms with E-state index in [-0.39, 0.29) is 10.8 Å². The van der Waals surface area contributed by atoms with Gasteiger partial charge in [0.1, 0.15) is 0 Å². The molecule has 2 aliphatic rings. The van der Waals surface area contributed by atoms with Gasteiger partial charge in [0.15, 0.2) is 0 Å². The van der Waals surface area contributed by atoms with Crippen molar-refractivity contribution >= 4 is 38.9 Å². The number of hydrogen-bond donors (Lipinski definition) is 0. The van der Waals surface area contributed by atoms with Gasteiger partial charge in [0, 0.05) is 44.4 Å². The molecule has 0 spiro atoms. The van der Waals surface area contributed by atoms with Gasteiger partial charge in [-0.2, -0.15) is 0 Å². The molecule has 1 aromatic heterocycles. The molecule has 0 saturated heterocycles. The molecule has 1 heterocycles. The topological polar surface area (TPSA) is 8.17 Å². The summed E-state index contributed by atoms with van der Waals surface area (Å²) in [5.41, 5.74) is 24.8. The lowest BCUT2D eigenvalue weighted by Crippen LogP contribution is -2.16. The zero-order valence-corrected chi connectivity index (χ0v) is 38.8. The van der Waals surface area contributed by atoms with Crippen LogP contribution in [0.3, 0.4) is 0 Å². The van der Waals surface area contributed by atoms with Crippen LogP contribution in [0.4, 0.5) is 17.1 Å². The van der Waals surface area contributed by atoms with Gasteiger partial charge in [-0.15, -0.1) is 0 Å². The third-order valence-corrected chi connectivity index (χ3v) is 15.2. The molecule has 0 radical (unpaired) electrons. The summed E-state index contributed by atoms with van der Waals surface area (Å²) in [6.45, 7) is 9.47. The van der Waals surface area contributed by atoms with E-state index in [1.807, 2.05) is 0 Å². The maximum atomic E-state index is 2.49. The molecule has 324 valence electrons. The zero-order chi connectivity index (χ0) is 45.7. The van der Waals surface area contributed by atoms with Crippen LogP contribution in [0.15, 0.2) is 231 Å². The van der Waals surface area contributed by atoms with E-state index < -0.39 is 0 Å². The molecule has 2 aliphatic carbocycles. The van der Waals surface area contributed by atoms with Crippen molar-refractivity contribution < 1.29 is 0 Å². The van der Waals surface area contributed by atoms with Crippen molar-refractivity contribution in [1.29, 1.82) is 0 Å². The highest BCUT2D eigenvalue weighted by atomic mass is 15.1. The molecule has 0 amide bonds. The smallest absolute Gasteiger partial charge is 0.0547 e. The monoisotopic (exact) mass is 870 g/mol. The lowest BCUT2D eigenvalue weighted by Gasteiger charge is -2.28. The molecule has 0 bridgehead atoms. The van der Waals surface area contributed by atoms with Crippen molar-refractivity contribution in [2.24, 2.45) is 0 Å². The van der Waals surface area contributed by atoms with Crippen LogP contribution < -0.4 is 4.90 Å². The van der Waals surface area contributed by atoms with Gasteiger partial charge in [-0.05, 0) is 151 Å². The van der Waals surface area contributed by atoms with Crippen molar-refractivity contribution in [3.63, 3.8) is 0 Å². The summed E-state index contributed by atoms with van der Waals surface area (Å²) in [6.07, 6.45) is 0. The van der Waals surface area contributed by atoms with E-state index in [0.717, 1.165) is 22.7 Å². The van der Waals surface area contributed by atoms with E-state index >= 15 is 0 Å². The summed E-state index contributed by atoms with van der Waals surface area (Å²) in [5.74, 6) is 0. The van der Waals surface area contributed by atoms with E-state index in [2.05, 4.69) is 268 Å². The van der Waals surface area contributed by atoms with Crippen molar-refractivity contribution in [3.05, 3.63) is 253 Å². The first-order valence-corrected chi connectivity index (χ1v) is 23.9. The Morgan fingerprint density at radius 2 is 0.721 bits per heavy atom. The molecule has 2 nitrogen and oxygen atoms in total. The van der Waals surface area contributed by atoms with Gasteiger partial charge in [-0.3, -0.25) is 0 Å². The third kappa shape index (κ3) is 6.17. The molecule has 2 heteroatoms. The third-order valence-electron chi connectivity index (χ3n) is 15.2. The molecule has 0 aliphatic heterocycles. The Morgan fingerprint density at radius 1 is 0.294 bits per heavy atom. The van der Waals surface area contributed by atoms with Gasteiger partial charge in [0.2, 0.25) is 0 Å². The van der Waals surface area contributed by atoms with Gasteiger partial charge in [-0.1, -0.05) is 185 Å². The van der Waals surface area contributed by atoms with E-state index in [0.29, 0.717) is 0 Å². The quantitative estimate of drug-likeness (QED) is 0.155. The molecule has 13 rings (SSSR count). The van der Waals surface area contributed by atoms with Crippen LogP contribution in [0.2, 0.25) is 0 Å². The summed E-state index contributed by atoms with van der Waals surface area (Å²) >= 11 is 0. The molecule has 0 saturated carbocycles. The fraction of sp³-hybridized carbons (Fsp3) is 0.0909. The van der Waals surface area contributed by atoms with Crippen molar-refractivity contribution in [1.82, 2.24) is 4.57 Å². The Bertz CT molecular complexity index is 3740. The molecule has 0 N–H and O–H groups in total. The molecular formula is C66H50N2. The number of aromatic nitrogens is 1. The lowest BCUT2D eigenvalue weighted by molar-refractivity contribution is 0.660. The number of hydrogen-bond acceptors (Lipinski definition) is 1. The van der Waals surface area contributed by atoms with Crippen LogP contribution in [0.5, 0.6) is 0 Å². The lowest BCUT2D eigenvalue weighted by atomic mass is 9.82. The Hall–Kier alpha value is -8.20. The molecule has 10 aromatic carbocycles. The average molecular weight is 871 g/mol. The highest BCUT2D eigenvalue weighted by molar-refractivity contribution is 6.12. The first kappa shape index (κ1) is 40.1. The first-order valence-electron chi connectivity index (χ1n) is 23.9. The SMILES string of the molecule is CC1(C)c2ccccc2-c2ccc(N(c3ccc(-c4ccccc4)cc3)c3ccc(-c4ccc5c(c4)c4cc6c(cc4n5-c4ccc(-c5ccccc5)cc4)-c4ccccc4C6(C)C)cc3)cc21. The predicted octanol–water partition coefficient (Wildman–Crippen LogP) is 17.9. The number of benzene rings is 10. The number of rotatable bonds is 7. The number of fused-ring (bicyclic) bond motifs is 9. The Kier molecular flexibility index (Phi) is 8.95. The second-order valence-electron chi connectivity index (χ2n) is 19.8.